The van der Waals surface area contributed by atoms with Crippen LogP contribution in [0.15, 0.2) is 41.8 Å². The van der Waals surface area contributed by atoms with Crippen LogP contribution < -0.4 is 10.5 Å². The van der Waals surface area contributed by atoms with Gasteiger partial charge in [0.25, 0.3) is 10.0 Å². The van der Waals surface area contributed by atoms with Gasteiger partial charge in [0, 0.05) is 5.56 Å². The van der Waals surface area contributed by atoms with Gasteiger partial charge in [-0.15, -0.1) is 0 Å². The molecular weight excluding hydrogens is 264 g/mol. The Morgan fingerprint density at radius 1 is 1.42 bits per heavy atom. The fourth-order valence-corrected chi connectivity index (χ4v) is 2.37. The number of nitrogens with one attached hydrogen (secondary N) is 2. The molecule has 0 atom stereocenters. The average Bonchev–Trinajstić information content (AvgIpc) is 2.91. The summed E-state index contributed by atoms with van der Waals surface area (Å²) in [5.41, 5.74) is 6.40. The molecule has 0 aliphatic rings. The van der Waals surface area contributed by atoms with Crippen LogP contribution in [0.5, 0.6) is 0 Å². The first-order valence-corrected chi connectivity index (χ1v) is 6.90. The zero-order valence-electron chi connectivity index (χ0n) is 9.92. The summed E-state index contributed by atoms with van der Waals surface area (Å²) in [4.78, 5) is 6.22. The molecule has 0 spiro atoms. The van der Waals surface area contributed by atoms with Crippen LogP contribution in [-0.2, 0) is 10.0 Å². The third-order valence-electron chi connectivity index (χ3n) is 2.21. The molecule has 6 nitrogen and oxygen atoms in total. The molecule has 0 saturated heterocycles. The molecule has 4 N–H and O–H groups in total. The van der Waals surface area contributed by atoms with Gasteiger partial charge in [0.1, 0.15) is 0 Å². The highest BCUT2D eigenvalue weighted by Crippen LogP contribution is 2.15. The first-order chi connectivity index (χ1) is 9.12. The van der Waals surface area contributed by atoms with E-state index in [-0.39, 0.29) is 11.6 Å². The fraction of sp³-hybridized carbons (Fsp3) is 0.0833. The van der Waals surface area contributed by atoms with Crippen molar-refractivity contribution in [3.05, 3.63) is 42.4 Å². The molecule has 1 aromatic carbocycles. The normalized spacial score (nSPS) is 10.6. The Labute approximate surface area is 111 Å². The van der Waals surface area contributed by atoms with Gasteiger partial charge in [-0.3, -0.25) is 4.72 Å². The van der Waals surface area contributed by atoms with Gasteiger partial charge in [-0.2, -0.15) is 8.42 Å². The Kier molecular flexibility index (Phi) is 3.85. The molecule has 0 saturated carbocycles. The number of rotatable bonds is 3. The largest absolute Gasteiger partial charge is 0.334 e. The molecule has 2 aromatic rings. The summed E-state index contributed by atoms with van der Waals surface area (Å²) in [7, 11) is -3.65. The Balaban J connectivity index is 2.25. The number of sulfonamides is 1. The van der Waals surface area contributed by atoms with Crippen LogP contribution >= 0.6 is 0 Å². The third kappa shape index (κ3) is 3.34. The SMILES string of the molecule is NCC#Cc1cccc(NS(=O)(=O)c2cnc[nH]2)c1. The number of imidazole rings is 1. The zero-order chi connectivity index (χ0) is 13.7. The van der Waals surface area contributed by atoms with Crippen molar-refractivity contribution in [2.45, 2.75) is 5.03 Å². The molecular formula is C12H12N4O2S. The summed E-state index contributed by atoms with van der Waals surface area (Å²) < 4.78 is 26.3. The minimum atomic E-state index is -3.65. The van der Waals surface area contributed by atoms with E-state index in [1.807, 2.05) is 0 Å². The monoisotopic (exact) mass is 276 g/mol. The summed E-state index contributed by atoms with van der Waals surface area (Å²) in [5, 5.41) is 0.00551. The number of H-pyrrole nitrogens is 1. The van der Waals surface area contributed by atoms with E-state index in [4.69, 9.17) is 5.73 Å². The molecule has 0 aliphatic heterocycles. The van der Waals surface area contributed by atoms with Crippen molar-refractivity contribution >= 4 is 15.7 Å². The van der Waals surface area contributed by atoms with E-state index in [0.717, 1.165) is 0 Å². The molecule has 0 fully saturated rings. The van der Waals surface area contributed by atoms with Crippen LogP contribution in [0, 0.1) is 11.8 Å². The number of hydrogen-bond donors (Lipinski definition) is 3. The molecule has 98 valence electrons. The highest BCUT2D eigenvalue weighted by Gasteiger charge is 2.15. The summed E-state index contributed by atoms with van der Waals surface area (Å²) >= 11 is 0. The van der Waals surface area contributed by atoms with Crippen LogP contribution in [0.1, 0.15) is 5.56 Å². The molecule has 2 rings (SSSR count). The fourth-order valence-electron chi connectivity index (χ4n) is 1.41. The summed E-state index contributed by atoms with van der Waals surface area (Å²) in [5.74, 6) is 5.54. The average molecular weight is 276 g/mol. The summed E-state index contributed by atoms with van der Waals surface area (Å²) in [6.45, 7) is 0.254. The number of nitrogens with zero attached hydrogens (tertiary/aromatic N) is 1. The van der Waals surface area contributed by atoms with E-state index in [1.54, 1.807) is 24.3 Å². The number of hydrogen-bond acceptors (Lipinski definition) is 4. The zero-order valence-corrected chi connectivity index (χ0v) is 10.7. The molecule has 7 heteroatoms. The molecule has 0 bridgehead atoms. The van der Waals surface area contributed by atoms with E-state index >= 15 is 0 Å². The molecule has 19 heavy (non-hydrogen) atoms. The first kappa shape index (κ1) is 13.1. The van der Waals surface area contributed by atoms with Gasteiger partial charge in [-0.05, 0) is 18.2 Å². The van der Waals surface area contributed by atoms with Crippen molar-refractivity contribution in [1.29, 1.82) is 0 Å². The van der Waals surface area contributed by atoms with Gasteiger partial charge in [0.2, 0.25) is 0 Å². The smallest absolute Gasteiger partial charge is 0.278 e. The second kappa shape index (κ2) is 5.56. The minimum absolute atomic E-state index is 0.00551. The van der Waals surface area contributed by atoms with Crippen LogP contribution in [0.2, 0.25) is 0 Å². The maximum absolute atomic E-state index is 11.9. The van der Waals surface area contributed by atoms with Crippen LogP contribution in [0.25, 0.3) is 0 Å². The van der Waals surface area contributed by atoms with Gasteiger partial charge in [0.05, 0.1) is 24.8 Å². The Bertz CT molecular complexity index is 712. The number of aromatic amines is 1. The molecule has 1 heterocycles. The Morgan fingerprint density at radius 2 is 2.26 bits per heavy atom. The molecule has 0 aliphatic carbocycles. The number of nitrogens with two attached hydrogens (primary N) is 1. The van der Waals surface area contributed by atoms with Crippen molar-refractivity contribution in [3.63, 3.8) is 0 Å². The quantitative estimate of drug-likeness (QED) is 0.711. The molecule has 0 radical (unpaired) electrons. The molecule has 1 aromatic heterocycles. The van der Waals surface area contributed by atoms with Gasteiger partial charge < -0.3 is 10.7 Å². The van der Waals surface area contributed by atoms with Crippen molar-refractivity contribution < 1.29 is 8.42 Å². The topological polar surface area (TPSA) is 101 Å². The van der Waals surface area contributed by atoms with E-state index in [2.05, 4.69) is 26.5 Å². The minimum Gasteiger partial charge on any atom is -0.334 e. The van der Waals surface area contributed by atoms with Gasteiger partial charge in [-0.25, -0.2) is 4.98 Å². The molecule has 0 amide bonds. The third-order valence-corrected chi connectivity index (χ3v) is 3.52. The van der Waals surface area contributed by atoms with Crippen molar-refractivity contribution in [2.75, 3.05) is 11.3 Å². The maximum atomic E-state index is 11.9. The predicted octanol–water partition coefficient (Wildman–Crippen LogP) is 0.521. The van der Waals surface area contributed by atoms with Crippen molar-refractivity contribution in [3.8, 4) is 11.8 Å². The lowest BCUT2D eigenvalue weighted by atomic mass is 10.2. The van der Waals surface area contributed by atoms with E-state index in [9.17, 15) is 8.42 Å². The lowest BCUT2D eigenvalue weighted by molar-refractivity contribution is 0.598. The summed E-state index contributed by atoms with van der Waals surface area (Å²) in [6.07, 6.45) is 2.54. The van der Waals surface area contributed by atoms with E-state index in [0.29, 0.717) is 11.3 Å². The van der Waals surface area contributed by atoms with E-state index in [1.165, 1.54) is 12.5 Å². The van der Waals surface area contributed by atoms with Crippen LogP contribution in [0.4, 0.5) is 5.69 Å². The molecule has 0 unspecified atom stereocenters. The second-order valence-corrected chi connectivity index (χ2v) is 5.26. The number of aromatic nitrogens is 2. The van der Waals surface area contributed by atoms with Crippen LogP contribution in [-0.4, -0.2) is 24.9 Å². The second-order valence-electron chi connectivity index (χ2n) is 3.61. The van der Waals surface area contributed by atoms with Crippen LogP contribution in [0.3, 0.4) is 0 Å². The van der Waals surface area contributed by atoms with Crippen molar-refractivity contribution in [2.24, 2.45) is 5.73 Å². The van der Waals surface area contributed by atoms with Gasteiger partial charge in [0.15, 0.2) is 5.03 Å². The Hall–Kier alpha value is -2.30. The Morgan fingerprint density at radius 3 is 2.95 bits per heavy atom. The number of benzene rings is 1. The first-order valence-electron chi connectivity index (χ1n) is 5.42. The lowest BCUT2D eigenvalue weighted by Gasteiger charge is -2.06. The van der Waals surface area contributed by atoms with Crippen molar-refractivity contribution in [1.82, 2.24) is 9.97 Å². The standard InChI is InChI=1S/C12H12N4O2S/c13-6-2-4-10-3-1-5-11(7-10)16-19(17,18)12-8-14-9-15-12/h1,3,5,7-9,16H,6,13H2,(H,14,15). The lowest BCUT2D eigenvalue weighted by Crippen LogP contribution is -2.13. The van der Waals surface area contributed by atoms with Gasteiger partial charge in [-0.1, -0.05) is 17.9 Å². The number of anilines is 1. The van der Waals surface area contributed by atoms with Gasteiger partial charge >= 0.3 is 0 Å². The van der Waals surface area contributed by atoms with E-state index < -0.39 is 10.0 Å². The highest BCUT2D eigenvalue weighted by molar-refractivity contribution is 7.92. The summed E-state index contributed by atoms with van der Waals surface area (Å²) in [6, 6.07) is 6.76. The highest BCUT2D eigenvalue weighted by atomic mass is 32.2. The predicted molar refractivity (Wildman–Crippen MR) is 71.8 cm³/mol. The maximum Gasteiger partial charge on any atom is 0.278 e.